The van der Waals surface area contributed by atoms with Gasteiger partial charge >= 0.3 is 6.61 Å². The van der Waals surface area contributed by atoms with E-state index in [1.165, 1.54) is 12.1 Å². The summed E-state index contributed by atoms with van der Waals surface area (Å²) in [6, 6.07) is 6.52. The van der Waals surface area contributed by atoms with Gasteiger partial charge in [-0.1, -0.05) is 25.0 Å². The van der Waals surface area contributed by atoms with Crippen molar-refractivity contribution in [2.24, 2.45) is 0 Å². The molecule has 0 heterocycles. The predicted molar refractivity (Wildman–Crippen MR) is 62.8 cm³/mol. The molecule has 92 valence electrons. The Morgan fingerprint density at radius 1 is 1.35 bits per heavy atom. The van der Waals surface area contributed by atoms with Crippen LogP contribution in [-0.4, -0.2) is 12.7 Å². The number of nitrogens with one attached hydrogen (secondary N) is 1. The number of benzene rings is 1. The molecule has 0 spiro atoms. The minimum absolute atomic E-state index is 0.0343. The van der Waals surface area contributed by atoms with E-state index >= 15 is 0 Å². The van der Waals surface area contributed by atoms with Crippen LogP contribution < -0.4 is 10.1 Å². The molecule has 1 N–H and O–H groups in total. The lowest BCUT2D eigenvalue weighted by molar-refractivity contribution is -0.0498. The number of rotatable bonds is 6. The molecule has 17 heavy (non-hydrogen) atoms. The van der Waals surface area contributed by atoms with Gasteiger partial charge in [0.05, 0.1) is 6.04 Å². The van der Waals surface area contributed by atoms with Gasteiger partial charge in [0, 0.05) is 6.54 Å². The van der Waals surface area contributed by atoms with E-state index < -0.39 is 6.61 Å². The van der Waals surface area contributed by atoms with E-state index in [-0.39, 0.29) is 11.8 Å². The fourth-order valence-corrected chi connectivity index (χ4v) is 1.35. The van der Waals surface area contributed by atoms with E-state index in [2.05, 4.69) is 16.0 Å². The van der Waals surface area contributed by atoms with Gasteiger partial charge in [-0.25, -0.2) is 0 Å². The maximum atomic E-state index is 11.9. The van der Waals surface area contributed by atoms with Crippen LogP contribution in [0, 0.1) is 12.3 Å². The zero-order valence-electron chi connectivity index (χ0n) is 9.62. The van der Waals surface area contributed by atoms with E-state index in [1.54, 1.807) is 12.1 Å². The van der Waals surface area contributed by atoms with Crippen LogP contribution in [0.2, 0.25) is 0 Å². The number of alkyl halides is 2. The van der Waals surface area contributed by atoms with Crippen molar-refractivity contribution >= 4 is 0 Å². The van der Waals surface area contributed by atoms with Gasteiger partial charge in [-0.15, -0.1) is 6.42 Å². The summed E-state index contributed by atoms with van der Waals surface area (Å²) in [4.78, 5) is 0. The molecule has 0 saturated heterocycles. The molecule has 1 unspecified atom stereocenters. The number of terminal acetylenes is 1. The molecule has 1 aromatic carbocycles. The molecule has 0 aliphatic heterocycles. The molecule has 0 saturated carbocycles. The third-order valence-electron chi connectivity index (χ3n) is 2.31. The van der Waals surface area contributed by atoms with E-state index in [4.69, 9.17) is 6.42 Å². The van der Waals surface area contributed by atoms with Crippen LogP contribution in [0.5, 0.6) is 5.75 Å². The van der Waals surface area contributed by atoms with Crippen molar-refractivity contribution in [2.45, 2.75) is 32.5 Å². The molecule has 2 nitrogen and oxygen atoms in total. The molecule has 0 aromatic heterocycles. The zero-order chi connectivity index (χ0) is 12.7. The molecule has 0 bridgehead atoms. The second-order valence-electron chi connectivity index (χ2n) is 3.53. The summed E-state index contributed by atoms with van der Waals surface area (Å²) in [5.74, 6) is 2.78. The Morgan fingerprint density at radius 3 is 2.47 bits per heavy atom. The second kappa shape index (κ2) is 6.87. The van der Waals surface area contributed by atoms with Crippen molar-refractivity contribution in [3.8, 4) is 18.1 Å². The van der Waals surface area contributed by atoms with E-state index in [0.29, 0.717) is 6.54 Å². The van der Waals surface area contributed by atoms with Crippen LogP contribution in [0.15, 0.2) is 24.3 Å². The molecule has 1 aromatic rings. The summed E-state index contributed by atoms with van der Waals surface area (Å²) in [5.41, 5.74) is 0.973. The third-order valence-corrected chi connectivity index (χ3v) is 2.31. The van der Waals surface area contributed by atoms with Crippen molar-refractivity contribution in [2.75, 3.05) is 0 Å². The van der Waals surface area contributed by atoms with Crippen LogP contribution in [-0.2, 0) is 6.54 Å². The number of hydrogen-bond acceptors (Lipinski definition) is 2. The minimum atomic E-state index is -2.79. The van der Waals surface area contributed by atoms with Gasteiger partial charge in [-0.3, -0.25) is 5.32 Å². The lowest BCUT2D eigenvalue weighted by atomic mass is 10.2. The Kier molecular flexibility index (Phi) is 5.44. The molecule has 0 aliphatic carbocycles. The first kappa shape index (κ1) is 13.5. The van der Waals surface area contributed by atoms with Gasteiger partial charge in [0.25, 0.3) is 0 Å². The summed E-state index contributed by atoms with van der Waals surface area (Å²) in [5, 5.41) is 3.17. The van der Waals surface area contributed by atoms with Crippen molar-refractivity contribution in [3.05, 3.63) is 29.8 Å². The van der Waals surface area contributed by atoms with Crippen LogP contribution in [0.3, 0.4) is 0 Å². The quantitative estimate of drug-likeness (QED) is 0.771. The zero-order valence-corrected chi connectivity index (χ0v) is 9.62. The van der Waals surface area contributed by atoms with Gasteiger partial charge in [-0.2, -0.15) is 8.78 Å². The lowest BCUT2D eigenvalue weighted by Crippen LogP contribution is -2.26. The SMILES string of the molecule is C#CC(CC)NCc1ccc(OC(F)F)cc1. The molecule has 1 atom stereocenters. The highest BCUT2D eigenvalue weighted by molar-refractivity contribution is 5.27. The second-order valence-corrected chi connectivity index (χ2v) is 3.53. The number of hydrogen-bond donors (Lipinski definition) is 1. The Morgan fingerprint density at radius 2 is 2.00 bits per heavy atom. The Hall–Kier alpha value is -1.60. The molecule has 0 fully saturated rings. The Labute approximate surface area is 100.0 Å². The monoisotopic (exact) mass is 239 g/mol. The highest BCUT2D eigenvalue weighted by Crippen LogP contribution is 2.14. The van der Waals surface area contributed by atoms with Crippen molar-refractivity contribution in [1.82, 2.24) is 5.32 Å². The van der Waals surface area contributed by atoms with Gasteiger partial charge in [0.15, 0.2) is 0 Å². The predicted octanol–water partition coefficient (Wildman–Crippen LogP) is 2.79. The van der Waals surface area contributed by atoms with Crippen LogP contribution in [0.25, 0.3) is 0 Å². The van der Waals surface area contributed by atoms with E-state index in [1.807, 2.05) is 6.92 Å². The average Bonchev–Trinajstić information content (AvgIpc) is 2.32. The highest BCUT2D eigenvalue weighted by Gasteiger charge is 2.04. The topological polar surface area (TPSA) is 21.3 Å². The standard InChI is InChI=1S/C13H15F2NO/c1-3-11(4-2)16-9-10-5-7-12(8-6-10)17-13(14)15/h1,5-8,11,13,16H,4,9H2,2H3. The largest absolute Gasteiger partial charge is 0.435 e. The van der Waals surface area contributed by atoms with Gasteiger partial charge in [0.1, 0.15) is 5.75 Å². The summed E-state index contributed by atoms with van der Waals surface area (Å²) in [7, 11) is 0. The van der Waals surface area contributed by atoms with Gasteiger partial charge < -0.3 is 4.74 Å². The molecular weight excluding hydrogens is 224 g/mol. The molecule has 0 amide bonds. The molecule has 0 radical (unpaired) electrons. The van der Waals surface area contributed by atoms with E-state index in [9.17, 15) is 8.78 Å². The number of ether oxygens (including phenoxy) is 1. The van der Waals surface area contributed by atoms with Crippen molar-refractivity contribution < 1.29 is 13.5 Å². The Balaban J connectivity index is 2.48. The fourth-order valence-electron chi connectivity index (χ4n) is 1.35. The smallest absolute Gasteiger partial charge is 0.387 e. The maximum absolute atomic E-state index is 11.9. The van der Waals surface area contributed by atoms with Crippen LogP contribution >= 0.6 is 0 Å². The minimum Gasteiger partial charge on any atom is -0.435 e. The van der Waals surface area contributed by atoms with Gasteiger partial charge in [-0.05, 0) is 24.1 Å². The first-order chi connectivity index (χ1) is 8.15. The molecule has 4 heteroatoms. The molecule has 1 rings (SSSR count). The summed E-state index contributed by atoms with van der Waals surface area (Å²) >= 11 is 0. The summed E-state index contributed by atoms with van der Waals surface area (Å²) in [6.07, 6.45) is 6.16. The Bertz CT molecular complexity index is 370. The normalized spacial score (nSPS) is 12.2. The van der Waals surface area contributed by atoms with E-state index in [0.717, 1.165) is 12.0 Å². The van der Waals surface area contributed by atoms with Crippen molar-refractivity contribution in [3.63, 3.8) is 0 Å². The molecular formula is C13H15F2NO. The van der Waals surface area contributed by atoms with Crippen LogP contribution in [0.4, 0.5) is 8.78 Å². The first-order valence-corrected chi connectivity index (χ1v) is 5.39. The first-order valence-electron chi connectivity index (χ1n) is 5.39. The van der Waals surface area contributed by atoms with Crippen LogP contribution in [0.1, 0.15) is 18.9 Å². The lowest BCUT2D eigenvalue weighted by Gasteiger charge is -2.11. The average molecular weight is 239 g/mol. The highest BCUT2D eigenvalue weighted by atomic mass is 19.3. The third kappa shape index (κ3) is 4.83. The maximum Gasteiger partial charge on any atom is 0.387 e. The number of halogens is 2. The summed E-state index contributed by atoms with van der Waals surface area (Å²) in [6.45, 7) is -0.181. The van der Waals surface area contributed by atoms with Crippen molar-refractivity contribution in [1.29, 1.82) is 0 Å². The summed E-state index contributed by atoms with van der Waals surface area (Å²) < 4.78 is 28.1. The molecule has 0 aliphatic rings. The van der Waals surface area contributed by atoms with Gasteiger partial charge in [0.2, 0.25) is 0 Å². The fraction of sp³-hybridized carbons (Fsp3) is 0.385.